The third-order valence-corrected chi connectivity index (χ3v) is 3.76. The summed E-state index contributed by atoms with van der Waals surface area (Å²) in [4.78, 5) is 12.4. The number of nitrogens with one attached hydrogen (secondary N) is 2. The molecular formula is C11H9Cl2N3OS. The number of amides is 1. The SMILES string of the molecule is O=C(CSc1cc(Cl)ccc1Cl)Nc1ccn[nH]1. The van der Waals surface area contributed by atoms with E-state index in [0.717, 1.165) is 4.90 Å². The Bertz CT molecular complexity index is 545. The molecule has 0 saturated carbocycles. The van der Waals surface area contributed by atoms with Crippen molar-refractivity contribution in [2.75, 3.05) is 11.1 Å². The lowest BCUT2D eigenvalue weighted by atomic mass is 10.4. The zero-order valence-corrected chi connectivity index (χ0v) is 11.4. The fourth-order valence-corrected chi connectivity index (χ4v) is 2.54. The summed E-state index contributed by atoms with van der Waals surface area (Å²) in [6, 6.07) is 6.82. The Hall–Kier alpha value is -1.17. The molecule has 4 nitrogen and oxygen atoms in total. The number of aromatic amines is 1. The van der Waals surface area contributed by atoms with E-state index in [4.69, 9.17) is 23.2 Å². The Morgan fingerprint density at radius 2 is 2.22 bits per heavy atom. The van der Waals surface area contributed by atoms with Crippen LogP contribution in [0.5, 0.6) is 0 Å². The average Bonchev–Trinajstić information content (AvgIpc) is 2.83. The minimum Gasteiger partial charge on any atom is -0.310 e. The highest BCUT2D eigenvalue weighted by Crippen LogP contribution is 2.29. The third-order valence-electron chi connectivity index (χ3n) is 2.03. The molecule has 1 aromatic carbocycles. The summed E-state index contributed by atoms with van der Waals surface area (Å²) in [6.07, 6.45) is 1.57. The predicted octanol–water partition coefficient (Wildman–Crippen LogP) is 3.45. The highest BCUT2D eigenvalue weighted by molar-refractivity contribution is 8.00. The van der Waals surface area contributed by atoms with Gasteiger partial charge in [-0.2, -0.15) is 5.10 Å². The molecule has 2 rings (SSSR count). The first-order chi connectivity index (χ1) is 8.65. The number of aromatic nitrogens is 2. The Kier molecular flexibility index (Phi) is 4.52. The molecule has 0 saturated heterocycles. The third kappa shape index (κ3) is 3.66. The number of hydrogen-bond donors (Lipinski definition) is 2. The van der Waals surface area contributed by atoms with Crippen LogP contribution in [0.4, 0.5) is 5.82 Å². The molecule has 0 aliphatic carbocycles. The summed E-state index contributed by atoms with van der Waals surface area (Å²) >= 11 is 13.2. The van der Waals surface area contributed by atoms with Gasteiger partial charge in [-0.1, -0.05) is 23.2 Å². The maximum Gasteiger partial charge on any atom is 0.235 e. The molecule has 7 heteroatoms. The number of carbonyl (C=O) groups is 1. The van der Waals surface area contributed by atoms with Gasteiger partial charge >= 0.3 is 0 Å². The van der Waals surface area contributed by atoms with Crippen LogP contribution >= 0.6 is 35.0 Å². The molecule has 94 valence electrons. The lowest BCUT2D eigenvalue weighted by molar-refractivity contribution is -0.113. The van der Waals surface area contributed by atoms with Crippen molar-refractivity contribution >= 4 is 46.7 Å². The molecule has 0 unspecified atom stereocenters. The predicted molar refractivity (Wildman–Crippen MR) is 74.4 cm³/mol. The number of nitrogens with zero attached hydrogens (tertiary/aromatic N) is 1. The van der Waals surface area contributed by atoms with E-state index >= 15 is 0 Å². The Labute approximate surface area is 118 Å². The largest absolute Gasteiger partial charge is 0.310 e. The summed E-state index contributed by atoms with van der Waals surface area (Å²) < 4.78 is 0. The second-order valence-electron chi connectivity index (χ2n) is 3.38. The summed E-state index contributed by atoms with van der Waals surface area (Å²) in [7, 11) is 0. The maximum absolute atomic E-state index is 11.6. The molecule has 1 aromatic heterocycles. The first-order valence-electron chi connectivity index (χ1n) is 5.02. The number of anilines is 1. The topological polar surface area (TPSA) is 57.8 Å². The zero-order valence-electron chi connectivity index (χ0n) is 9.11. The number of H-pyrrole nitrogens is 1. The minimum absolute atomic E-state index is 0.139. The van der Waals surface area contributed by atoms with Crippen molar-refractivity contribution in [1.29, 1.82) is 0 Å². The van der Waals surface area contributed by atoms with E-state index in [9.17, 15) is 4.79 Å². The van der Waals surface area contributed by atoms with Gasteiger partial charge in [0.05, 0.1) is 17.0 Å². The Morgan fingerprint density at radius 3 is 2.94 bits per heavy atom. The van der Waals surface area contributed by atoms with E-state index in [1.54, 1.807) is 30.5 Å². The standard InChI is InChI=1S/C11H9Cl2N3OS/c12-7-1-2-8(13)9(5-7)18-6-11(17)15-10-3-4-14-16-10/h1-5H,6H2,(H2,14,15,16,17). The van der Waals surface area contributed by atoms with Crippen molar-refractivity contribution in [1.82, 2.24) is 10.2 Å². The van der Waals surface area contributed by atoms with Crippen LogP contribution in [0.15, 0.2) is 35.4 Å². The van der Waals surface area contributed by atoms with Crippen molar-refractivity contribution in [3.63, 3.8) is 0 Å². The lowest BCUT2D eigenvalue weighted by Gasteiger charge is -2.05. The molecule has 0 bridgehead atoms. The van der Waals surface area contributed by atoms with Crippen LogP contribution in [0.3, 0.4) is 0 Å². The maximum atomic E-state index is 11.6. The number of carbonyl (C=O) groups excluding carboxylic acids is 1. The number of hydrogen-bond acceptors (Lipinski definition) is 3. The van der Waals surface area contributed by atoms with E-state index < -0.39 is 0 Å². The molecule has 2 N–H and O–H groups in total. The van der Waals surface area contributed by atoms with E-state index in [1.165, 1.54) is 11.8 Å². The smallest absolute Gasteiger partial charge is 0.235 e. The van der Waals surface area contributed by atoms with Gasteiger partial charge in [-0.3, -0.25) is 9.89 Å². The van der Waals surface area contributed by atoms with Crippen LogP contribution in [0.1, 0.15) is 0 Å². The van der Waals surface area contributed by atoms with E-state index in [-0.39, 0.29) is 11.7 Å². The second kappa shape index (κ2) is 6.13. The van der Waals surface area contributed by atoms with Crippen LogP contribution in [0.25, 0.3) is 0 Å². The average molecular weight is 302 g/mol. The van der Waals surface area contributed by atoms with Crippen molar-refractivity contribution in [3.8, 4) is 0 Å². The first-order valence-corrected chi connectivity index (χ1v) is 6.76. The summed E-state index contributed by atoms with van der Waals surface area (Å²) in [5.74, 6) is 0.678. The molecular weight excluding hydrogens is 293 g/mol. The van der Waals surface area contributed by atoms with Gasteiger partial charge in [-0.25, -0.2) is 0 Å². The second-order valence-corrected chi connectivity index (χ2v) is 5.24. The van der Waals surface area contributed by atoms with Crippen LogP contribution in [-0.4, -0.2) is 21.9 Å². The Balaban J connectivity index is 1.91. The molecule has 0 spiro atoms. The summed E-state index contributed by atoms with van der Waals surface area (Å²) in [5, 5.41) is 10.2. The normalized spacial score (nSPS) is 10.3. The van der Waals surface area contributed by atoms with Gasteiger partial charge in [0.15, 0.2) is 0 Å². The molecule has 0 atom stereocenters. The van der Waals surface area contributed by atoms with Gasteiger partial charge in [0, 0.05) is 16.0 Å². The number of halogens is 2. The van der Waals surface area contributed by atoms with Crippen LogP contribution in [-0.2, 0) is 4.79 Å². The van der Waals surface area contributed by atoms with Crippen molar-refractivity contribution in [2.45, 2.75) is 4.90 Å². The van der Waals surface area contributed by atoms with Crippen LogP contribution < -0.4 is 5.32 Å². The molecule has 0 fully saturated rings. The monoisotopic (exact) mass is 301 g/mol. The van der Waals surface area contributed by atoms with Gasteiger partial charge in [-0.05, 0) is 18.2 Å². The summed E-state index contributed by atoms with van der Waals surface area (Å²) in [6.45, 7) is 0. The highest BCUT2D eigenvalue weighted by Gasteiger charge is 2.07. The van der Waals surface area contributed by atoms with Crippen molar-refractivity contribution in [3.05, 3.63) is 40.5 Å². The molecule has 1 heterocycles. The van der Waals surface area contributed by atoms with Gasteiger partial charge in [0.1, 0.15) is 5.82 Å². The van der Waals surface area contributed by atoms with Gasteiger partial charge in [-0.15, -0.1) is 11.8 Å². The van der Waals surface area contributed by atoms with Gasteiger partial charge in [0.25, 0.3) is 0 Å². The fourth-order valence-electron chi connectivity index (χ4n) is 1.24. The molecule has 1 amide bonds. The number of rotatable bonds is 4. The lowest BCUT2D eigenvalue weighted by Crippen LogP contribution is -2.14. The molecule has 2 aromatic rings. The van der Waals surface area contributed by atoms with Gasteiger partial charge in [0.2, 0.25) is 5.91 Å². The van der Waals surface area contributed by atoms with Crippen molar-refractivity contribution in [2.24, 2.45) is 0 Å². The number of benzene rings is 1. The van der Waals surface area contributed by atoms with Crippen molar-refractivity contribution < 1.29 is 4.79 Å². The van der Waals surface area contributed by atoms with E-state index in [2.05, 4.69) is 15.5 Å². The fraction of sp³-hybridized carbons (Fsp3) is 0.0909. The Morgan fingerprint density at radius 1 is 1.39 bits per heavy atom. The minimum atomic E-state index is -0.139. The molecule has 18 heavy (non-hydrogen) atoms. The molecule has 0 aliphatic heterocycles. The van der Waals surface area contributed by atoms with Crippen LogP contribution in [0.2, 0.25) is 10.0 Å². The van der Waals surface area contributed by atoms with Crippen LogP contribution in [0, 0.1) is 0 Å². The zero-order chi connectivity index (χ0) is 13.0. The molecule has 0 aliphatic rings. The number of thioether (sulfide) groups is 1. The van der Waals surface area contributed by atoms with E-state index in [0.29, 0.717) is 15.9 Å². The van der Waals surface area contributed by atoms with E-state index in [1.807, 2.05) is 0 Å². The van der Waals surface area contributed by atoms with Gasteiger partial charge < -0.3 is 5.32 Å². The quantitative estimate of drug-likeness (QED) is 0.851. The highest BCUT2D eigenvalue weighted by atomic mass is 35.5. The first kappa shape index (κ1) is 13.3. The summed E-state index contributed by atoms with van der Waals surface area (Å²) in [5.41, 5.74) is 0. The molecule has 0 radical (unpaired) electrons.